The zero-order chi connectivity index (χ0) is 20.4. The van der Waals surface area contributed by atoms with E-state index in [2.05, 4.69) is 5.32 Å². The quantitative estimate of drug-likeness (QED) is 0.646. The molecule has 1 heterocycles. The van der Waals surface area contributed by atoms with Crippen LogP contribution in [0.15, 0.2) is 72.8 Å². The lowest BCUT2D eigenvalue weighted by Gasteiger charge is -2.38. The van der Waals surface area contributed by atoms with Gasteiger partial charge in [-0.25, -0.2) is 4.79 Å². The van der Waals surface area contributed by atoms with Crippen LogP contribution in [0.1, 0.15) is 22.1 Å². The predicted octanol–water partition coefficient (Wildman–Crippen LogP) is 4.57. The van der Waals surface area contributed by atoms with E-state index in [9.17, 15) is 9.59 Å². The van der Waals surface area contributed by atoms with Crippen LogP contribution in [0.25, 0.3) is 0 Å². The normalized spacial score (nSPS) is 15.4. The Bertz CT molecular complexity index is 1050. The van der Waals surface area contributed by atoms with E-state index in [-0.39, 0.29) is 5.91 Å². The zero-order valence-electron chi connectivity index (χ0n) is 15.2. The van der Waals surface area contributed by atoms with Crippen LogP contribution in [-0.4, -0.2) is 23.6 Å². The predicted molar refractivity (Wildman–Crippen MR) is 111 cm³/mol. The number of hydrogen-bond donors (Lipinski definition) is 2. The number of carboxylic acids is 1. The van der Waals surface area contributed by atoms with Gasteiger partial charge in [0.2, 0.25) is 0 Å². The van der Waals surface area contributed by atoms with Gasteiger partial charge in [-0.15, -0.1) is 0 Å². The number of nitrogens with one attached hydrogen (secondary N) is 1. The minimum absolute atomic E-state index is 0.127. The summed E-state index contributed by atoms with van der Waals surface area (Å²) in [5.41, 5.74) is 2.86. The second-order valence-electron chi connectivity index (χ2n) is 6.50. The van der Waals surface area contributed by atoms with Gasteiger partial charge in [-0.2, -0.15) is 0 Å². The van der Waals surface area contributed by atoms with Crippen molar-refractivity contribution in [3.05, 3.63) is 88.9 Å². The average Bonchev–Trinajstić information content (AvgIpc) is 2.73. The fourth-order valence-corrected chi connectivity index (χ4v) is 3.37. The molecule has 0 saturated heterocycles. The molecule has 3 aromatic rings. The summed E-state index contributed by atoms with van der Waals surface area (Å²) >= 11 is 6.02. The summed E-state index contributed by atoms with van der Waals surface area (Å²) in [7, 11) is 0. The van der Waals surface area contributed by atoms with Crippen molar-refractivity contribution in [1.29, 1.82) is 0 Å². The van der Waals surface area contributed by atoms with Gasteiger partial charge >= 0.3 is 5.97 Å². The third-order valence-corrected chi connectivity index (χ3v) is 4.84. The first-order chi connectivity index (χ1) is 14.0. The lowest BCUT2D eigenvalue weighted by atomic mass is 10.0. The molecule has 0 aliphatic carbocycles. The number of carboxylic acid groups (broad SMARTS) is 1. The number of halogens is 1. The zero-order valence-corrected chi connectivity index (χ0v) is 16.0. The van der Waals surface area contributed by atoms with E-state index in [0.717, 1.165) is 11.3 Å². The van der Waals surface area contributed by atoms with Crippen LogP contribution < -0.4 is 15.0 Å². The van der Waals surface area contributed by atoms with Gasteiger partial charge < -0.3 is 15.2 Å². The van der Waals surface area contributed by atoms with Crippen LogP contribution in [-0.2, 0) is 4.79 Å². The number of aliphatic carboxylic acids is 1. The van der Waals surface area contributed by atoms with E-state index in [1.54, 1.807) is 59.5 Å². The lowest BCUT2D eigenvalue weighted by molar-refractivity contribution is -0.139. The summed E-state index contributed by atoms with van der Waals surface area (Å²) < 4.78 is 5.20. The number of carbonyl (C=O) groups is 2. The first-order valence-electron chi connectivity index (χ1n) is 8.92. The van der Waals surface area contributed by atoms with E-state index >= 15 is 0 Å². The molecule has 1 amide bonds. The fraction of sp³-hybridized carbons (Fsp3) is 0.0909. The highest BCUT2D eigenvalue weighted by Gasteiger charge is 2.33. The number of para-hydroxylation sites is 1. The fourth-order valence-electron chi connectivity index (χ4n) is 3.25. The Kier molecular flexibility index (Phi) is 5.10. The van der Waals surface area contributed by atoms with Gasteiger partial charge in [0, 0.05) is 16.4 Å². The molecule has 3 aromatic carbocycles. The Morgan fingerprint density at radius 1 is 1.03 bits per heavy atom. The van der Waals surface area contributed by atoms with E-state index in [1.807, 2.05) is 18.2 Å². The summed E-state index contributed by atoms with van der Waals surface area (Å²) in [6, 6.07) is 21.4. The van der Waals surface area contributed by atoms with Crippen molar-refractivity contribution in [2.45, 2.75) is 6.17 Å². The second-order valence-corrected chi connectivity index (χ2v) is 6.93. The van der Waals surface area contributed by atoms with Crippen LogP contribution in [0.4, 0.5) is 11.4 Å². The summed E-state index contributed by atoms with van der Waals surface area (Å²) in [5, 5.41) is 12.7. The maximum Gasteiger partial charge on any atom is 0.341 e. The van der Waals surface area contributed by atoms with Crippen LogP contribution in [0.5, 0.6) is 5.75 Å². The van der Waals surface area contributed by atoms with E-state index in [4.69, 9.17) is 21.4 Å². The van der Waals surface area contributed by atoms with E-state index in [0.29, 0.717) is 22.0 Å². The molecule has 7 heteroatoms. The molecule has 4 rings (SSSR count). The minimum atomic E-state index is -1.04. The molecule has 0 fully saturated rings. The lowest BCUT2D eigenvalue weighted by Crippen LogP contribution is -2.43. The molecule has 0 aromatic heterocycles. The monoisotopic (exact) mass is 408 g/mol. The number of rotatable bonds is 5. The van der Waals surface area contributed by atoms with Crippen LogP contribution in [0.3, 0.4) is 0 Å². The first kappa shape index (κ1) is 18.8. The van der Waals surface area contributed by atoms with Crippen molar-refractivity contribution >= 4 is 34.9 Å². The minimum Gasteiger partial charge on any atom is -0.482 e. The van der Waals surface area contributed by atoms with Crippen molar-refractivity contribution < 1.29 is 19.4 Å². The highest BCUT2D eigenvalue weighted by atomic mass is 35.5. The van der Waals surface area contributed by atoms with Crippen molar-refractivity contribution in [3.63, 3.8) is 0 Å². The molecule has 1 aliphatic heterocycles. The maximum atomic E-state index is 13.3. The molecular weight excluding hydrogens is 392 g/mol. The first-order valence-corrected chi connectivity index (χ1v) is 9.30. The average molecular weight is 409 g/mol. The van der Waals surface area contributed by atoms with Crippen molar-refractivity contribution in [1.82, 2.24) is 0 Å². The molecular formula is C22H17ClN2O4. The Hall–Kier alpha value is -3.51. The molecule has 1 atom stereocenters. The van der Waals surface area contributed by atoms with Gasteiger partial charge in [-0.3, -0.25) is 9.69 Å². The van der Waals surface area contributed by atoms with Gasteiger partial charge in [0.1, 0.15) is 11.9 Å². The number of anilines is 2. The number of ether oxygens (including phenoxy) is 1. The van der Waals surface area contributed by atoms with E-state index in [1.165, 1.54) is 0 Å². The van der Waals surface area contributed by atoms with Crippen LogP contribution >= 0.6 is 11.6 Å². The number of carbonyl (C=O) groups excluding carboxylic acids is 1. The van der Waals surface area contributed by atoms with Gasteiger partial charge in [0.05, 0.1) is 5.56 Å². The number of nitrogens with zero attached hydrogens (tertiary/aromatic N) is 1. The van der Waals surface area contributed by atoms with Crippen molar-refractivity contribution in [2.75, 3.05) is 16.8 Å². The molecule has 6 nitrogen and oxygen atoms in total. The topological polar surface area (TPSA) is 78.9 Å². The molecule has 146 valence electrons. The maximum absolute atomic E-state index is 13.3. The van der Waals surface area contributed by atoms with Gasteiger partial charge in [-0.1, -0.05) is 35.9 Å². The third kappa shape index (κ3) is 3.88. The molecule has 0 unspecified atom stereocenters. The number of benzene rings is 3. The Morgan fingerprint density at radius 3 is 2.41 bits per heavy atom. The van der Waals surface area contributed by atoms with Gasteiger partial charge in [0.25, 0.3) is 5.91 Å². The summed E-state index contributed by atoms with van der Waals surface area (Å²) in [6.45, 7) is -0.413. The van der Waals surface area contributed by atoms with Gasteiger partial charge in [0.15, 0.2) is 6.61 Å². The second kappa shape index (κ2) is 7.85. The largest absolute Gasteiger partial charge is 0.482 e. The number of amides is 1. The van der Waals surface area contributed by atoms with E-state index < -0.39 is 18.7 Å². The molecule has 0 saturated carbocycles. The number of fused-ring (bicyclic) bond motifs is 1. The van der Waals surface area contributed by atoms with Crippen molar-refractivity contribution in [2.24, 2.45) is 0 Å². The smallest absolute Gasteiger partial charge is 0.341 e. The molecule has 1 aliphatic rings. The molecule has 2 N–H and O–H groups in total. The van der Waals surface area contributed by atoms with Crippen LogP contribution in [0, 0.1) is 0 Å². The van der Waals surface area contributed by atoms with Gasteiger partial charge in [-0.05, 0) is 54.1 Å². The summed E-state index contributed by atoms with van der Waals surface area (Å²) in [5.74, 6) is -0.728. The highest BCUT2D eigenvalue weighted by molar-refractivity contribution is 6.30. The summed E-state index contributed by atoms with van der Waals surface area (Å²) in [4.78, 5) is 25.6. The van der Waals surface area contributed by atoms with Crippen LogP contribution in [0.2, 0.25) is 5.02 Å². The molecule has 0 spiro atoms. The van der Waals surface area contributed by atoms with Crippen molar-refractivity contribution in [3.8, 4) is 5.75 Å². The molecule has 0 bridgehead atoms. The Labute approximate surface area is 172 Å². The number of hydrogen-bond acceptors (Lipinski definition) is 4. The summed E-state index contributed by atoms with van der Waals surface area (Å²) in [6.07, 6.45) is -0.452. The Balaban J connectivity index is 1.71. The third-order valence-electron chi connectivity index (χ3n) is 4.59. The highest BCUT2D eigenvalue weighted by Crippen LogP contribution is 2.37. The standard InChI is InChI=1S/C22H17ClN2O4/c23-15-7-9-16(10-8-15)25-21(24-19-4-2-1-3-18(19)22(25)28)14-5-11-17(12-6-14)29-13-20(26)27/h1-12,21,24H,13H2,(H,26,27)/t21-/m1/s1. The Morgan fingerprint density at radius 2 is 1.72 bits per heavy atom. The molecule has 0 radical (unpaired) electrons. The SMILES string of the molecule is O=C(O)COc1ccc([C@@H]2Nc3ccccc3C(=O)N2c2ccc(Cl)cc2)cc1. The molecule has 29 heavy (non-hydrogen) atoms.